The van der Waals surface area contributed by atoms with Gasteiger partial charge in [-0.05, 0) is 56.3 Å². The van der Waals surface area contributed by atoms with Gasteiger partial charge in [0, 0.05) is 6.42 Å². The summed E-state index contributed by atoms with van der Waals surface area (Å²) in [7, 11) is 0. The van der Waals surface area contributed by atoms with Crippen LogP contribution in [-0.4, -0.2) is 18.0 Å². The fourth-order valence-electron chi connectivity index (χ4n) is 4.68. The van der Waals surface area contributed by atoms with Crippen LogP contribution in [0.25, 0.3) is 0 Å². The highest BCUT2D eigenvalue weighted by atomic mass is 16.7. The lowest BCUT2D eigenvalue weighted by Crippen LogP contribution is -2.50. The molecule has 4 saturated carbocycles. The van der Waals surface area contributed by atoms with E-state index in [9.17, 15) is 9.59 Å². The predicted octanol–water partition coefficient (Wildman–Crippen LogP) is 2.71. The van der Waals surface area contributed by atoms with Gasteiger partial charge in [0.1, 0.15) is 6.21 Å². The summed E-state index contributed by atoms with van der Waals surface area (Å²) in [6.45, 7) is 1.76. The van der Waals surface area contributed by atoms with Crippen LogP contribution in [0.2, 0.25) is 0 Å². The molecule has 104 valence electrons. The molecule has 4 nitrogen and oxygen atoms in total. The maximum atomic E-state index is 12.3. The molecule has 0 saturated heterocycles. The van der Waals surface area contributed by atoms with Gasteiger partial charge >= 0.3 is 5.97 Å². The van der Waals surface area contributed by atoms with Crippen LogP contribution in [0.5, 0.6) is 0 Å². The minimum absolute atomic E-state index is 0.113. The van der Waals surface area contributed by atoms with E-state index in [1.54, 1.807) is 6.92 Å². The molecule has 0 atom stereocenters. The number of oxime groups is 1. The molecule has 0 N–H and O–H groups in total. The summed E-state index contributed by atoms with van der Waals surface area (Å²) >= 11 is 0. The average molecular weight is 263 g/mol. The molecular weight excluding hydrogens is 242 g/mol. The van der Waals surface area contributed by atoms with Crippen molar-refractivity contribution >= 4 is 18.0 Å². The maximum Gasteiger partial charge on any atom is 0.341 e. The van der Waals surface area contributed by atoms with Crippen LogP contribution < -0.4 is 0 Å². The molecule has 4 aliphatic carbocycles. The molecular formula is C15H21NO3. The largest absolute Gasteiger partial charge is 0.341 e. The van der Waals surface area contributed by atoms with E-state index in [0.29, 0.717) is 24.2 Å². The Morgan fingerprint density at radius 2 is 1.68 bits per heavy atom. The van der Waals surface area contributed by atoms with Crippen molar-refractivity contribution in [2.24, 2.45) is 28.3 Å². The molecule has 4 rings (SSSR count). The lowest BCUT2D eigenvalue weighted by atomic mass is 9.49. The molecule has 0 heterocycles. The zero-order valence-corrected chi connectivity index (χ0v) is 11.4. The van der Waals surface area contributed by atoms with Crippen molar-refractivity contribution in [2.45, 2.75) is 51.9 Å². The van der Waals surface area contributed by atoms with Crippen LogP contribution in [0, 0.1) is 23.2 Å². The SMILES string of the molecule is CCC(=O)C=NOC(=O)C12CC3CC(CC(C3)C1)C2. The topological polar surface area (TPSA) is 55.7 Å². The van der Waals surface area contributed by atoms with Gasteiger partial charge < -0.3 is 4.84 Å². The average Bonchev–Trinajstić information content (AvgIpc) is 2.36. The summed E-state index contributed by atoms with van der Waals surface area (Å²) in [5, 5.41) is 3.58. The third-order valence-electron chi connectivity index (χ3n) is 5.15. The Bertz CT molecular complexity index is 392. The first-order chi connectivity index (χ1) is 9.11. The van der Waals surface area contributed by atoms with Gasteiger partial charge in [0.05, 0.1) is 5.41 Å². The maximum absolute atomic E-state index is 12.3. The van der Waals surface area contributed by atoms with Crippen molar-refractivity contribution < 1.29 is 14.4 Å². The van der Waals surface area contributed by atoms with Crippen LogP contribution in [0.3, 0.4) is 0 Å². The van der Waals surface area contributed by atoms with E-state index in [1.807, 2.05) is 0 Å². The van der Waals surface area contributed by atoms with Gasteiger partial charge in [-0.15, -0.1) is 0 Å². The molecule has 4 fully saturated rings. The third-order valence-corrected chi connectivity index (χ3v) is 5.15. The third kappa shape index (κ3) is 2.33. The van der Waals surface area contributed by atoms with Crippen molar-refractivity contribution in [2.75, 3.05) is 0 Å². The van der Waals surface area contributed by atoms with Gasteiger partial charge in [0.2, 0.25) is 0 Å². The number of ketones is 1. The van der Waals surface area contributed by atoms with E-state index < -0.39 is 0 Å². The first kappa shape index (κ1) is 12.8. The molecule has 0 aromatic carbocycles. The van der Waals surface area contributed by atoms with Crippen LogP contribution >= 0.6 is 0 Å². The zero-order chi connectivity index (χ0) is 13.5. The Hall–Kier alpha value is -1.19. The highest BCUT2D eigenvalue weighted by Gasteiger charge is 2.55. The predicted molar refractivity (Wildman–Crippen MR) is 70.5 cm³/mol. The number of carbonyl (C=O) groups is 2. The van der Waals surface area contributed by atoms with Crippen LogP contribution in [0.1, 0.15) is 51.9 Å². The lowest BCUT2D eigenvalue weighted by Gasteiger charge is -2.54. The monoisotopic (exact) mass is 263 g/mol. The Kier molecular flexibility index (Phi) is 3.19. The second kappa shape index (κ2) is 4.73. The summed E-state index contributed by atoms with van der Waals surface area (Å²) in [5.41, 5.74) is -0.290. The fourth-order valence-corrected chi connectivity index (χ4v) is 4.68. The minimum atomic E-state index is -0.290. The molecule has 0 aliphatic heterocycles. The molecule has 0 unspecified atom stereocenters. The van der Waals surface area contributed by atoms with Crippen molar-refractivity contribution in [1.82, 2.24) is 0 Å². The molecule has 19 heavy (non-hydrogen) atoms. The van der Waals surface area contributed by atoms with E-state index in [0.717, 1.165) is 25.5 Å². The molecule has 0 radical (unpaired) electrons. The lowest BCUT2D eigenvalue weighted by molar-refractivity contribution is -0.171. The summed E-state index contributed by atoms with van der Waals surface area (Å²) in [6, 6.07) is 0. The Morgan fingerprint density at radius 3 is 2.16 bits per heavy atom. The molecule has 0 amide bonds. The van der Waals surface area contributed by atoms with Crippen molar-refractivity contribution in [3.05, 3.63) is 0 Å². The number of hydrogen-bond donors (Lipinski definition) is 0. The summed E-state index contributed by atoms with van der Waals surface area (Å²) in [5.74, 6) is 1.81. The highest BCUT2D eigenvalue weighted by Crippen LogP contribution is 2.60. The molecule has 0 aromatic heterocycles. The van der Waals surface area contributed by atoms with Gasteiger partial charge in [-0.1, -0.05) is 12.1 Å². The van der Waals surface area contributed by atoms with E-state index in [1.165, 1.54) is 19.3 Å². The van der Waals surface area contributed by atoms with Gasteiger partial charge in [-0.3, -0.25) is 4.79 Å². The first-order valence-electron chi connectivity index (χ1n) is 7.39. The fraction of sp³-hybridized carbons (Fsp3) is 0.800. The molecule has 0 spiro atoms. The Morgan fingerprint density at radius 1 is 1.16 bits per heavy atom. The first-order valence-corrected chi connectivity index (χ1v) is 7.39. The molecule has 4 heteroatoms. The smallest absolute Gasteiger partial charge is 0.318 e. The van der Waals surface area contributed by atoms with Crippen LogP contribution in [-0.2, 0) is 14.4 Å². The summed E-state index contributed by atoms with van der Waals surface area (Å²) in [6.07, 6.45) is 8.30. The van der Waals surface area contributed by atoms with Crippen molar-refractivity contribution in [3.63, 3.8) is 0 Å². The summed E-state index contributed by atoms with van der Waals surface area (Å²) < 4.78 is 0. The standard InChI is InChI=1S/C15H21NO3/c1-2-13(17)9-16-19-14(18)15-6-10-3-11(7-15)5-12(4-10)8-15/h9-12H,2-8H2,1H3. The van der Waals surface area contributed by atoms with E-state index >= 15 is 0 Å². The van der Waals surface area contributed by atoms with E-state index in [-0.39, 0.29) is 17.2 Å². The number of nitrogens with zero attached hydrogens (tertiary/aromatic N) is 1. The van der Waals surface area contributed by atoms with Crippen LogP contribution in [0.4, 0.5) is 0 Å². The number of Topliss-reactive ketones (excluding diaryl/α,β-unsaturated/α-hetero) is 1. The van der Waals surface area contributed by atoms with Crippen molar-refractivity contribution in [3.8, 4) is 0 Å². The van der Waals surface area contributed by atoms with Gasteiger partial charge in [-0.2, -0.15) is 0 Å². The Labute approximate surface area is 113 Å². The van der Waals surface area contributed by atoms with Gasteiger partial charge in [0.15, 0.2) is 5.78 Å². The van der Waals surface area contributed by atoms with E-state index in [2.05, 4.69) is 5.16 Å². The van der Waals surface area contributed by atoms with Crippen LogP contribution in [0.15, 0.2) is 5.16 Å². The second-order valence-corrected chi connectivity index (χ2v) is 6.63. The van der Waals surface area contributed by atoms with E-state index in [4.69, 9.17) is 4.84 Å². The van der Waals surface area contributed by atoms with Gasteiger partial charge in [-0.25, -0.2) is 4.79 Å². The highest BCUT2D eigenvalue weighted by molar-refractivity contribution is 6.27. The van der Waals surface area contributed by atoms with Crippen molar-refractivity contribution in [1.29, 1.82) is 0 Å². The summed E-state index contributed by atoms with van der Waals surface area (Å²) in [4.78, 5) is 28.4. The zero-order valence-electron chi connectivity index (χ0n) is 11.4. The Balaban J connectivity index is 1.66. The van der Waals surface area contributed by atoms with Gasteiger partial charge in [0.25, 0.3) is 0 Å². The number of carbonyl (C=O) groups excluding carboxylic acids is 2. The molecule has 4 aliphatic rings. The molecule has 0 aromatic rings. The number of hydrogen-bond acceptors (Lipinski definition) is 4. The second-order valence-electron chi connectivity index (χ2n) is 6.63. The normalized spacial score (nSPS) is 39.7. The quantitative estimate of drug-likeness (QED) is 0.445. The minimum Gasteiger partial charge on any atom is -0.318 e. The number of rotatable bonds is 4. The molecule has 4 bridgehead atoms.